The molecule has 0 saturated heterocycles. The van der Waals surface area contributed by atoms with Crippen molar-refractivity contribution >= 4 is 10.9 Å². The highest BCUT2D eigenvalue weighted by molar-refractivity contribution is 5.80. The molecular formula is C12H10FN. The molecule has 0 unspecified atom stereocenters. The lowest BCUT2D eigenvalue weighted by molar-refractivity contribution is 0.627. The number of hydrogen-bond acceptors (Lipinski definition) is 0. The molecule has 1 aromatic heterocycles. The van der Waals surface area contributed by atoms with E-state index < -0.39 is 0 Å². The Bertz CT molecular complexity index is 490. The van der Waals surface area contributed by atoms with Crippen LogP contribution in [0.3, 0.4) is 0 Å². The number of aryl methyl sites for hydroxylation is 1. The smallest absolute Gasteiger partial charge is 0.125 e. The van der Waals surface area contributed by atoms with Crippen molar-refractivity contribution in [1.29, 1.82) is 0 Å². The van der Waals surface area contributed by atoms with E-state index in [1.807, 2.05) is 16.8 Å². The standard InChI is InChI=1S/C12H10FN/c1-2-3-7-14-8-6-10-4-5-11(13)9-12(10)14/h1,4-6,8-9H,3,7H2. The topological polar surface area (TPSA) is 4.93 Å². The zero-order chi connectivity index (χ0) is 9.97. The Morgan fingerprint density at radius 2 is 2.21 bits per heavy atom. The van der Waals surface area contributed by atoms with Crippen LogP contribution >= 0.6 is 0 Å². The van der Waals surface area contributed by atoms with Gasteiger partial charge in [0.2, 0.25) is 0 Å². The molecule has 0 N–H and O–H groups in total. The van der Waals surface area contributed by atoms with Crippen molar-refractivity contribution in [2.75, 3.05) is 0 Å². The van der Waals surface area contributed by atoms with E-state index in [1.165, 1.54) is 12.1 Å². The molecule has 0 spiro atoms. The Morgan fingerprint density at radius 1 is 1.36 bits per heavy atom. The third-order valence-corrected chi connectivity index (χ3v) is 2.23. The molecule has 0 atom stereocenters. The highest BCUT2D eigenvalue weighted by Crippen LogP contribution is 2.17. The first-order valence-corrected chi connectivity index (χ1v) is 4.49. The van der Waals surface area contributed by atoms with Gasteiger partial charge in [-0.05, 0) is 29.7 Å². The fourth-order valence-corrected chi connectivity index (χ4v) is 1.54. The minimum Gasteiger partial charge on any atom is -0.346 e. The molecule has 0 fully saturated rings. The van der Waals surface area contributed by atoms with E-state index in [4.69, 9.17) is 6.42 Å². The molecule has 2 rings (SSSR count). The minimum absolute atomic E-state index is 0.210. The van der Waals surface area contributed by atoms with Gasteiger partial charge in [0.1, 0.15) is 5.82 Å². The van der Waals surface area contributed by atoms with E-state index >= 15 is 0 Å². The summed E-state index contributed by atoms with van der Waals surface area (Å²) in [5.74, 6) is 2.36. The van der Waals surface area contributed by atoms with Gasteiger partial charge in [0, 0.05) is 19.2 Å². The van der Waals surface area contributed by atoms with Gasteiger partial charge in [0.05, 0.1) is 5.52 Å². The van der Waals surface area contributed by atoms with Gasteiger partial charge in [-0.25, -0.2) is 4.39 Å². The van der Waals surface area contributed by atoms with Crippen LogP contribution < -0.4 is 0 Å². The molecule has 0 aliphatic rings. The molecule has 1 nitrogen and oxygen atoms in total. The predicted octanol–water partition coefficient (Wildman–Crippen LogP) is 2.80. The average Bonchev–Trinajstić information content (AvgIpc) is 2.57. The lowest BCUT2D eigenvalue weighted by Gasteiger charge is -2.01. The van der Waals surface area contributed by atoms with E-state index in [2.05, 4.69) is 5.92 Å². The van der Waals surface area contributed by atoms with Crippen molar-refractivity contribution in [3.05, 3.63) is 36.3 Å². The third-order valence-electron chi connectivity index (χ3n) is 2.23. The highest BCUT2D eigenvalue weighted by Gasteiger charge is 2.00. The molecule has 0 aliphatic heterocycles. The lowest BCUT2D eigenvalue weighted by atomic mass is 10.2. The van der Waals surface area contributed by atoms with Gasteiger partial charge in [-0.3, -0.25) is 0 Å². The first kappa shape index (κ1) is 8.83. The molecule has 1 heterocycles. The van der Waals surface area contributed by atoms with Crippen LogP contribution in [0.1, 0.15) is 6.42 Å². The van der Waals surface area contributed by atoms with Crippen LogP contribution in [0.2, 0.25) is 0 Å². The minimum atomic E-state index is -0.210. The summed E-state index contributed by atoms with van der Waals surface area (Å²) in [5, 5.41) is 1.04. The predicted molar refractivity (Wildman–Crippen MR) is 55.3 cm³/mol. The van der Waals surface area contributed by atoms with Gasteiger partial charge in [-0.1, -0.05) is 0 Å². The Balaban J connectivity index is 2.46. The van der Waals surface area contributed by atoms with Gasteiger partial charge in [0.25, 0.3) is 0 Å². The van der Waals surface area contributed by atoms with Crippen LogP contribution in [0.25, 0.3) is 10.9 Å². The van der Waals surface area contributed by atoms with Crippen molar-refractivity contribution in [3.63, 3.8) is 0 Å². The van der Waals surface area contributed by atoms with Crippen LogP contribution in [0.5, 0.6) is 0 Å². The third kappa shape index (κ3) is 1.49. The molecule has 0 aliphatic carbocycles. The van der Waals surface area contributed by atoms with Crippen molar-refractivity contribution in [2.24, 2.45) is 0 Å². The SMILES string of the molecule is C#CCCn1ccc2ccc(F)cc21. The van der Waals surface area contributed by atoms with Crippen molar-refractivity contribution in [2.45, 2.75) is 13.0 Å². The van der Waals surface area contributed by atoms with Gasteiger partial charge in [-0.15, -0.1) is 12.3 Å². The first-order chi connectivity index (χ1) is 6.81. The number of aromatic nitrogens is 1. The second-order valence-corrected chi connectivity index (χ2v) is 3.17. The zero-order valence-electron chi connectivity index (χ0n) is 7.70. The van der Waals surface area contributed by atoms with Gasteiger partial charge < -0.3 is 4.57 Å². The molecule has 70 valence electrons. The molecule has 0 amide bonds. The summed E-state index contributed by atoms with van der Waals surface area (Å²) in [7, 11) is 0. The summed E-state index contributed by atoms with van der Waals surface area (Å²) in [5.41, 5.74) is 0.903. The number of fused-ring (bicyclic) bond motifs is 1. The molecule has 14 heavy (non-hydrogen) atoms. The van der Waals surface area contributed by atoms with Crippen molar-refractivity contribution in [1.82, 2.24) is 4.57 Å². The van der Waals surface area contributed by atoms with Gasteiger partial charge >= 0.3 is 0 Å². The molecule has 0 radical (unpaired) electrons. The van der Waals surface area contributed by atoms with E-state index in [0.29, 0.717) is 6.42 Å². The second kappa shape index (κ2) is 3.55. The summed E-state index contributed by atoms with van der Waals surface area (Å²) in [4.78, 5) is 0. The van der Waals surface area contributed by atoms with Crippen LogP contribution in [0.4, 0.5) is 4.39 Å². The maximum absolute atomic E-state index is 13.0. The Hall–Kier alpha value is -1.75. The number of terminal acetylenes is 1. The molecule has 0 bridgehead atoms. The van der Waals surface area contributed by atoms with Crippen LogP contribution in [0.15, 0.2) is 30.5 Å². The summed E-state index contributed by atoms with van der Waals surface area (Å²) >= 11 is 0. The summed E-state index contributed by atoms with van der Waals surface area (Å²) in [6.45, 7) is 0.740. The zero-order valence-corrected chi connectivity index (χ0v) is 7.70. The number of hydrogen-bond donors (Lipinski definition) is 0. The van der Waals surface area contributed by atoms with Crippen molar-refractivity contribution in [3.8, 4) is 12.3 Å². The average molecular weight is 187 g/mol. The molecular weight excluding hydrogens is 177 g/mol. The number of nitrogens with zero attached hydrogens (tertiary/aromatic N) is 1. The maximum atomic E-state index is 13.0. The van der Waals surface area contributed by atoms with Crippen LogP contribution in [-0.4, -0.2) is 4.57 Å². The largest absolute Gasteiger partial charge is 0.346 e. The van der Waals surface area contributed by atoms with E-state index in [1.54, 1.807) is 6.07 Å². The molecule has 0 saturated carbocycles. The molecule has 2 aromatic rings. The summed E-state index contributed by atoms with van der Waals surface area (Å²) in [6, 6.07) is 6.74. The highest BCUT2D eigenvalue weighted by atomic mass is 19.1. The number of halogens is 1. The quantitative estimate of drug-likeness (QED) is 0.637. The molecule has 2 heteroatoms. The Kier molecular flexibility index (Phi) is 2.24. The van der Waals surface area contributed by atoms with Gasteiger partial charge in [0.15, 0.2) is 0 Å². The van der Waals surface area contributed by atoms with E-state index in [9.17, 15) is 4.39 Å². The summed E-state index contributed by atoms with van der Waals surface area (Å²) in [6.07, 6.45) is 7.78. The number of benzene rings is 1. The lowest BCUT2D eigenvalue weighted by Crippen LogP contribution is -1.94. The molecule has 1 aromatic carbocycles. The first-order valence-electron chi connectivity index (χ1n) is 4.49. The van der Waals surface area contributed by atoms with Crippen molar-refractivity contribution < 1.29 is 4.39 Å². The monoisotopic (exact) mass is 187 g/mol. The normalized spacial score (nSPS) is 10.3. The van der Waals surface area contributed by atoms with E-state index in [0.717, 1.165) is 17.4 Å². The number of rotatable bonds is 2. The second-order valence-electron chi connectivity index (χ2n) is 3.17. The van der Waals surface area contributed by atoms with Gasteiger partial charge in [-0.2, -0.15) is 0 Å². The fraction of sp³-hybridized carbons (Fsp3) is 0.167. The Labute approximate surface area is 82.2 Å². The maximum Gasteiger partial charge on any atom is 0.125 e. The van der Waals surface area contributed by atoms with Crippen LogP contribution in [0, 0.1) is 18.2 Å². The van der Waals surface area contributed by atoms with Crippen LogP contribution in [-0.2, 0) is 6.54 Å². The fourth-order valence-electron chi connectivity index (χ4n) is 1.54. The summed E-state index contributed by atoms with van der Waals surface area (Å²) < 4.78 is 14.9. The van der Waals surface area contributed by atoms with E-state index in [-0.39, 0.29) is 5.82 Å². The Morgan fingerprint density at radius 3 is 3.00 bits per heavy atom.